The maximum Gasteiger partial charge on any atom is 0.424 e. The molecule has 0 amide bonds. The molecule has 0 spiro atoms. The molecular weight excluding hydrogens is 271 g/mol. The predicted molar refractivity (Wildman–Crippen MR) is 58.3 cm³/mol. The molecular formula is C10H12F3NO3S. The van der Waals surface area contributed by atoms with Crippen molar-refractivity contribution in [3.8, 4) is 0 Å². The van der Waals surface area contributed by atoms with Gasteiger partial charge in [0.25, 0.3) is 10.1 Å². The monoisotopic (exact) mass is 283 g/mol. The van der Waals surface area contributed by atoms with Crippen molar-refractivity contribution in [1.82, 2.24) is 4.98 Å². The summed E-state index contributed by atoms with van der Waals surface area (Å²) in [6.45, 7) is 2.21. The Labute approximate surface area is 103 Å². The van der Waals surface area contributed by atoms with E-state index in [9.17, 15) is 21.6 Å². The Bertz CT molecular complexity index is 542. The summed E-state index contributed by atoms with van der Waals surface area (Å²) in [6.07, 6.45) is -3.18. The third kappa shape index (κ3) is 3.20. The topological polar surface area (TPSA) is 56.3 Å². The summed E-state index contributed by atoms with van der Waals surface area (Å²) in [5, 5.41) is 0. The maximum atomic E-state index is 13.0. The van der Waals surface area contributed by atoms with Gasteiger partial charge in [-0.25, -0.2) is 4.18 Å². The van der Waals surface area contributed by atoms with Crippen LogP contribution in [0.25, 0.3) is 0 Å². The number of pyridine rings is 1. The third-order valence-corrected chi connectivity index (χ3v) is 2.90. The van der Waals surface area contributed by atoms with Crippen molar-refractivity contribution in [2.45, 2.75) is 25.6 Å². The lowest BCUT2D eigenvalue weighted by atomic mass is 10.00. The van der Waals surface area contributed by atoms with Crippen LogP contribution in [0.4, 0.5) is 13.2 Å². The zero-order valence-electron chi connectivity index (χ0n) is 9.95. The lowest BCUT2D eigenvalue weighted by molar-refractivity contribution is -0.247. The molecule has 0 saturated heterocycles. The van der Waals surface area contributed by atoms with Gasteiger partial charge in [0.1, 0.15) is 0 Å². The van der Waals surface area contributed by atoms with E-state index in [4.69, 9.17) is 0 Å². The number of hydrogen-bond donors (Lipinski definition) is 0. The second kappa shape index (κ2) is 4.51. The van der Waals surface area contributed by atoms with E-state index in [0.29, 0.717) is 18.7 Å². The fraction of sp³-hybridized carbons (Fsp3) is 0.500. The average Bonchev–Trinajstić information content (AvgIpc) is 2.13. The van der Waals surface area contributed by atoms with Gasteiger partial charge in [-0.05, 0) is 31.5 Å². The van der Waals surface area contributed by atoms with Gasteiger partial charge in [-0.3, -0.25) is 4.98 Å². The third-order valence-electron chi connectivity index (χ3n) is 2.26. The predicted octanol–water partition coefficient (Wildman–Crippen LogP) is 2.14. The summed E-state index contributed by atoms with van der Waals surface area (Å²) in [4.78, 5) is 3.55. The van der Waals surface area contributed by atoms with E-state index in [0.717, 1.165) is 6.07 Å². The van der Waals surface area contributed by atoms with Gasteiger partial charge < -0.3 is 0 Å². The van der Waals surface area contributed by atoms with E-state index in [1.54, 1.807) is 6.92 Å². The van der Waals surface area contributed by atoms with E-state index >= 15 is 0 Å². The molecule has 1 aromatic heterocycles. The van der Waals surface area contributed by atoms with Gasteiger partial charge >= 0.3 is 6.18 Å². The number of halogens is 3. The minimum Gasteiger partial charge on any atom is -0.258 e. The first-order chi connectivity index (χ1) is 7.96. The largest absolute Gasteiger partial charge is 0.424 e. The number of aromatic nitrogens is 1. The molecule has 0 saturated carbocycles. The van der Waals surface area contributed by atoms with Crippen LogP contribution >= 0.6 is 0 Å². The fourth-order valence-electron chi connectivity index (χ4n) is 1.33. The molecule has 1 aromatic rings. The molecule has 0 aliphatic heterocycles. The molecule has 1 rings (SSSR count). The number of alkyl halides is 3. The molecule has 1 atom stereocenters. The van der Waals surface area contributed by atoms with Crippen molar-refractivity contribution in [2.75, 3.05) is 6.26 Å². The highest BCUT2D eigenvalue weighted by Gasteiger charge is 2.57. The molecule has 0 N–H and O–H groups in total. The second-order valence-electron chi connectivity index (χ2n) is 4.04. The summed E-state index contributed by atoms with van der Waals surface area (Å²) < 4.78 is 65.3. The van der Waals surface area contributed by atoms with Crippen LogP contribution in [0.2, 0.25) is 0 Å². The molecule has 8 heteroatoms. The lowest BCUT2D eigenvalue weighted by Crippen LogP contribution is -2.44. The molecule has 0 bridgehead atoms. The van der Waals surface area contributed by atoms with Gasteiger partial charge in [-0.1, -0.05) is 0 Å². The number of rotatable bonds is 3. The Hall–Kier alpha value is -1.15. The normalized spacial score (nSPS) is 16.3. The molecule has 0 radical (unpaired) electrons. The Morgan fingerprint density at radius 1 is 1.33 bits per heavy atom. The zero-order valence-corrected chi connectivity index (χ0v) is 10.8. The van der Waals surface area contributed by atoms with Crippen molar-refractivity contribution in [1.29, 1.82) is 0 Å². The van der Waals surface area contributed by atoms with Crippen molar-refractivity contribution in [2.24, 2.45) is 0 Å². The molecule has 0 unspecified atom stereocenters. The van der Waals surface area contributed by atoms with Gasteiger partial charge in [-0.2, -0.15) is 21.6 Å². The highest BCUT2D eigenvalue weighted by molar-refractivity contribution is 7.86. The van der Waals surface area contributed by atoms with E-state index in [2.05, 4.69) is 9.17 Å². The minimum absolute atomic E-state index is 0.500. The zero-order chi connectivity index (χ0) is 14.2. The first-order valence-corrected chi connectivity index (χ1v) is 6.68. The first-order valence-electron chi connectivity index (χ1n) is 4.86. The quantitative estimate of drug-likeness (QED) is 0.798. The standard InChI is InChI=1S/C10H12F3NO3S/c1-7-4-5-14-8(6-7)9(2,10(11,12)13)17-18(3,15)16/h4-6H,1-3H3/t9-/m0/s1. The van der Waals surface area contributed by atoms with Gasteiger partial charge in [-0.15, -0.1) is 0 Å². The first kappa shape index (κ1) is 14.9. The van der Waals surface area contributed by atoms with Gasteiger partial charge in [0, 0.05) is 6.20 Å². The van der Waals surface area contributed by atoms with Gasteiger partial charge in [0.2, 0.25) is 5.60 Å². The molecule has 1 heterocycles. The highest BCUT2D eigenvalue weighted by Crippen LogP contribution is 2.42. The molecule has 18 heavy (non-hydrogen) atoms. The average molecular weight is 283 g/mol. The van der Waals surface area contributed by atoms with Crippen LogP contribution in [0.5, 0.6) is 0 Å². The van der Waals surface area contributed by atoms with E-state index in [1.165, 1.54) is 12.3 Å². The molecule has 0 fully saturated rings. The molecule has 102 valence electrons. The Morgan fingerprint density at radius 2 is 1.89 bits per heavy atom. The van der Waals surface area contributed by atoms with Crippen LogP contribution in [-0.4, -0.2) is 25.8 Å². The summed E-state index contributed by atoms with van der Waals surface area (Å²) >= 11 is 0. The number of aryl methyl sites for hydroxylation is 1. The number of nitrogens with zero attached hydrogens (tertiary/aromatic N) is 1. The Kier molecular flexibility index (Phi) is 3.73. The summed E-state index contributed by atoms with van der Waals surface area (Å²) in [6, 6.07) is 2.64. The van der Waals surface area contributed by atoms with Crippen LogP contribution in [0.15, 0.2) is 18.3 Å². The van der Waals surface area contributed by atoms with Crippen LogP contribution in [0, 0.1) is 6.92 Å². The Morgan fingerprint density at radius 3 is 2.28 bits per heavy atom. The highest BCUT2D eigenvalue weighted by atomic mass is 32.2. The van der Waals surface area contributed by atoms with E-state index in [-0.39, 0.29) is 0 Å². The van der Waals surface area contributed by atoms with Gasteiger partial charge in [0.15, 0.2) is 0 Å². The molecule has 0 aromatic carbocycles. The van der Waals surface area contributed by atoms with Crippen LogP contribution in [0.1, 0.15) is 18.2 Å². The Balaban J connectivity index is 3.39. The summed E-state index contributed by atoms with van der Waals surface area (Å²) in [5.74, 6) is 0. The minimum atomic E-state index is -4.91. The summed E-state index contributed by atoms with van der Waals surface area (Å²) in [5.41, 5.74) is -2.97. The van der Waals surface area contributed by atoms with Crippen molar-refractivity contribution >= 4 is 10.1 Å². The SMILES string of the molecule is Cc1ccnc([C@](C)(OS(C)(=O)=O)C(F)(F)F)c1. The molecule has 0 aliphatic rings. The number of hydrogen-bond acceptors (Lipinski definition) is 4. The van der Waals surface area contributed by atoms with E-state index in [1.807, 2.05) is 0 Å². The van der Waals surface area contributed by atoms with Crippen LogP contribution < -0.4 is 0 Å². The van der Waals surface area contributed by atoms with Crippen molar-refractivity contribution in [3.05, 3.63) is 29.6 Å². The van der Waals surface area contributed by atoms with Crippen LogP contribution in [-0.2, 0) is 19.9 Å². The van der Waals surface area contributed by atoms with E-state index < -0.39 is 27.6 Å². The lowest BCUT2D eigenvalue weighted by Gasteiger charge is -2.30. The van der Waals surface area contributed by atoms with Gasteiger partial charge in [0.05, 0.1) is 11.9 Å². The van der Waals surface area contributed by atoms with Crippen LogP contribution in [0.3, 0.4) is 0 Å². The molecule has 4 nitrogen and oxygen atoms in total. The second-order valence-corrected chi connectivity index (χ2v) is 5.61. The fourth-order valence-corrected chi connectivity index (χ4v) is 2.12. The van der Waals surface area contributed by atoms with Crippen molar-refractivity contribution < 1.29 is 25.8 Å². The maximum absolute atomic E-state index is 13.0. The smallest absolute Gasteiger partial charge is 0.258 e. The van der Waals surface area contributed by atoms with Crippen molar-refractivity contribution in [3.63, 3.8) is 0 Å². The summed E-state index contributed by atoms with van der Waals surface area (Å²) in [7, 11) is -4.29. The molecule has 0 aliphatic carbocycles.